The molecular weight excluding hydrogens is 339 g/mol. The molecule has 0 spiro atoms. The molecule has 0 N–H and O–H groups in total. The molecule has 0 unspecified atom stereocenters. The average molecular weight is 350 g/mol. The number of benzene rings is 2. The second kappa shape index (κ2) is 6.57. The van der Waals surface area contributed by atoms with Gasteiger partial charge < -0.3 is 4.57 Å². The van der Waals surface area contributed by atoms with Gasteiger partial charge in [0.25, 0.3) is 0 Å². The molecule has 110 valence electrons. The highest BCUT2D eigenvalue weighted by Gasteiger charge is 2.02. The summed E-state index contributed by atoms with van der Waals surface area (Å²) in [5, 5.41) is 1.72. The molecule has 22 heavy (non-hydrogen) atoms. The lowest BCUT2D eigenvalue weighted by Crippen LogP contribution is -1.97. The predicted molar refractivity (Wildman–Crippen MR) is 94.5 cm³/mol. The maximum atomic E-state index is 5.99. The smallest absolute Gasteiger partial charge is 0.0646 e. The van der Waals surface area contributed by atoms with E-state index < -0.39 is 0 Å². The molecule has 3 rings (SSSR count). The number of nitrogens with zero attached hydrogens (tertiary/aromatic N) is 2. The van der Waals surface area contributed by atoms with Crippen molar-refractivity contribution in [3.63, 3.8) is 0 Å². The number of aliphatic imine (C=N–C) groups is 1. The zero-order valence-electron chi connectivity index (χ0n) is 11.4. The van der Waals surface area contributed by atoms with Gasteiger partial charge in [-0.2, -0.15) is 0 Å². The van der Waals surface area contributed by atoms with Crippen molar-refractivity contribution in [3.8, 4) is 5.69 Å². The first kappa shape index (κ1) is 15.2. The fourth-order valence-corrected chi connectivity index (χ4v) is 2.46. The molecule has 5 heteroatoms. The van der Waals surface area contributed by atoms with Crippen LogP contribution in [0.3, 0.4) is 0 Å². The molecule has 0 radical (unpaired) electrons. The largest absolute Gasteiger partial charge is 0.316 e. The van der Waals surface area contributed by atoms with Crippen LogP contribution < -0.4 is 0 Å². The van der Waals surface area contributed by atoms with E-state index in [2.05, 4.69) is 4.99 Å². The number of hydrogen-bond acceptors (Lipinski definition) is 1. The average Bonchev–Trinajstić information content (AvgIpc) is 2.98. The molecule has 0 bridgehead atoms. The topological polar surface area (TPSA) is 17.3 Å². The fraction of sp³-hybridized carbons (Fsp3) is 0. The second-order valence-corrected chi connectivity index (χ2v) is 5.89. The van der Waals surface area contributed by atoms with Gasteiger partial charge in [-0.25, -0.2) is 0 Å². The molecule has 1 heterocycles. The van der Waals surface area contributed by atoms with Crippen LogP contribution in [0, 0.1) is 0 Å². The molecule has 0 atom stereocenters. The first-order chi connectivity index (χ1) is 10.6. The van der Waals surface area contributed by atoms with Crippen LogP contribution in [-0.4, -0.2) is 10.8 Å². The third kappa shape index (κ3) is 3.36. The van der Waals surface area contributed by atoms with Gasteiger partial charge in [0, 0.05) is 16.9 Å². The van der Waals surface area contributed by atoms with Crippen LogP contribution >= 0.6 is 34.8 Å². The van der Waals surface area contributed by atoms with Crippen LogP contribution in [0.5, 0.6) is 0 Å². The molecule has 0 amide bonds. The Morgan fingerprint density at radius 2 is 1.64 bits per heavy atom. The summed E-state index contributed by atoms with van der Waals surface area (Å²) in [6, 6.07) is 16.9. The molecule has 0 aliphatic rings. The summed E-state index contributed by atoms with van der Waals surface area (Å²) in [6.45, 7) is 0. The van der Waals surface area contributed by atoms with Gasteiger partial charge in [-0.3, -0.25) is 4.99 Å². The van der Waals surface area contributed by atoms with Gasteiger partial charge >= 0.3 is 0 Å². The van der Waals surface area contributed by atoms with E-state index >= 15 is 0 Å². The lowest BCUT2D eigenvalue weighted by molar-refractivity contribution is 1.07. The molecule has 1 aromatic heterocycles. The van der Waals surface area contributed by atoms with E-state index in [1.807, 2.05) is 53.2 Å². The maximum absolute atomic E-state index is 5.99. The zero-order chi connectivity index (χ0) is 15.5. The summed E-state index contributed by atoms with van der Waals surface area (Å²) in [7, 11) is 0. The molecule has 0 fully saturated rings. The van der Waals surface area contributed by atoms with Crippen molar-refractivity contribution in [1.29, 1.82) is 0 Å². The Bertz CT molecular complexity index is 820. The Hall–Kier alpha value is -1.74. The fourth-order valence-electron chi connectivity index (χ4n) is 2.04. The van der Waals surface area contributed by atoms with Crippen molar-refractivity contribution in [1.82, 2.24) is 4.57 Å². The Balaban J connectivity index is 1.90. The number of halogens is 3. The Labute approximate surface area is 143 Å². The highest BCUT2D eigenvalue weighted by Crippen LogP contribution is 2.26. The van der Waals surface area contributed by atoms with Crippen molar-refractivity contribution in [2.45, 2.75) is 0 Å². The van der Waals surface area contributed by atoms with E-state index in [-0.39, 0.29) is 0 Å². The zero-order valence-corrected chi connectivity index (χ0v) is 13.6. The quantitative estimate of drug-likeness (QED) is 0.502. The standard InChI is InChI=1S/C17H11Cl3N2/c18-12-3-6-14(7-4-12)22-9-1-2-15(22)11-21-13-5-8-16(19)17(20)10-13/h1-11H. The molecule has 2 nitrogen and oxygen atoms in total. The van der Waals surface area contributed by atoms with E-state index in [1.54, 1.807) is 18.3 Å². The summed E-state index contributed by atoms with van der Waals surface area (Å²) in [5.74, 6) is 0. The summed E-state index contributed by atoms with van der Waals surface area (Å²) >= 11 is 17.8. The van der Waals surface area contributed by atoms with E-state index in [1.165, 1.54) is 0 Å². The summed E-state index contributed by atoms with van der Waals surface area (Å²) < 4.78 is 2.03. The molecule has 0 aliphatic heterocycles. The number of rotatable bonds is 3. The summed E-state index contributed by atoms with van der Waals surface area (Å²) in [6.07, 6.45) is 3.76. The monoisotopic (exact) mass is 348 g/mol. The van der Waals surface area contributed by atoms with Crippen molar-refractivity contribution in [2.75, 3.05) is 0 Å². The summed E-state index contributed by atoms with van der Waals surface area (Å²) in [4.78, 5) is 4.44. The van der Waals surface area contributed by atoms with Gasteiger partial charge in [0.2, 0.25) is 0 Å². The normalized spacial score (nSPS) is 11.2. The highest BCUT2D eigenvalue weighted by molar-refractivity contribution is 6.42. The first-order valence-electron chi connectivity index (χ1n) is 6.56. The minimum absolute atomic E-state index is 0.490. The molecule has 3 aromatic rings. The molecule has 2 aromatic carbocycles. The Morgan fingerprint density at radius 3 is 2.36 bits per heavy atom. The van der Waals surface area contributed by atoms with E-state index in [0.29, 0.717) is 15.1 Å². The Morgan fingerprint density at radius 1 is 0.864 bits per heavy atom. The van der Waals surface area contributed by atoms with Gasteiger partial charge in [-0.05, 0) is 54.6 Å². The minimum Gasteiger partial charge on any atom is -0.316 e. The summed E-state index contributed by atoms with van der Waals surface area (Å²) in [5.41, 5.74) is 2.72. The van der Waals surface area contributed by atoms with Gasteiger partial charge in [-0.1, -0.05) is 34.8 Å². The van der Waals surface area contributed by atoms with Crippen LogP contribution in [0.2, 0.25) is 15.1 Å². The van der Waals surface area contributed by atoms with Gasteiger partial charge in [0.15, 0.2) is 0 Å². The van der Waals surface area contributed by atoms with E-state index in [4.69, 9.17) is 34.8 Å². The maximum Gasteiger partial charge on any atom is 0.0646 e. The van der Waals surface area contributed by atoms with Crippen LogP contribution in [-0.2, 0) is 0 Å². The molecule has 0 aliphatic carbocycles. The molecular formula is C17H11Cl3N2. The lowest BCUT2D eigenvalue weighted by Gasteiger charge is -2.06. The highest BCUT2D eigenvalue weighted by atomic mass is 35.5. The number of hydrogen-bond donors (Lipinski definition) is 0. The second-order valence-electron chi connectivity index (χ2n) is 4.64. The van der Waals surface area contributed by atoms with E-state index in [0.717, 1.165) is 17.1 Å². The van der Waals surface area contributed by atoms with Crippen LogP contribution in [0.1, 0.15) is 5.69 Å². The van der Waals surface area contributed by atoms with Crippen LogP contribution in [0.4, 0.5) is 5.69 Å². The third-order valence-electron chi connectivity index (χ3n) is 3.13. The van der Waals surface area contributed by atoms with Gasteiger partial charge in [0.1, 0.15) is 0 Å². The van der Waals surface area contributed by atoms with Crippen molar-refractivity contribution in [2.24, 2.45) is 4.99 Å². The third-order valence-corrected chi connectivity index (χ3v) is 4.13. The SMILES string of the molecule is Clc1ccc(-n2cccc2C=Nc2ccc(Cl)c(Cl)c2)cc1. The van der Waals surface area contributed by atoms with Crippen molar-refractivity contribution >= 4 is 46.7 Å². The minimum atomic E-state index is 0.490. The Kier molecular flexibility index (Phi) is 4.53. The van der Waals surface area contributed by atoms with Crippen molar-refractivity contribution < 1.29 is 0 Å². The first-order valence-corrected chi connectivity index (χ1v) is 7.69. The lowest BCUT2D eigenvalue weighted by atomic mass is 10.3. The van der Waals surface area contributed by atoms with Crippen molar-refractivity contribution in [3.05, 3.63) is 81.6 Å². The van der Waals surface area contributed by atoms with Gasteiger partial charge in [0.05, 0.1) is 27.6 Å². The van der Waals surface area contributed by atoms with Crippen LogP contribution in [0.25, 0.3) is 5.69 Å². The predicted octanol–water partition coefficient (Wildman–Crippen LogP) is 6.19. The van der Waals surface area contributed by atoms with Crippen LogP contribution in [0.15, 0.2) is 65.8 Å². The molecule has 0 saturated heterocycles. The number of aromatic nitrogens is 1. The van der Waals surface area contributed by atoms with E-state index in [9.17, 15) is 0 Å². The van der Waals surface area contributed by atoms with Gasteiger partial charge in [-0.15, -0.1) is 0 Å². The molecule has 0 saturated carbocycles.